The molecule has 34 heavy (non-hydrogen) atoms. The van der Waals surface area contributed by atoms with E-state index < -0.39 is 17.3 Å². The molecule has 0 aliphatic carbocycles. The lowest BCUT2D eigenvalue weighted by Crippen LogP contribution is -2.62. The van der Waals surface area contributed by atoms with E-state index in [0.717, 1.165) is 16.7 Å². The number of anilines is 1. The van der Waals surface area contributed by atoms with Gasteiger partial charge in [0.15, 0.2) is 0 Å². The summed E-state index contributed by atoms with van der Waals surface area (Å²) in [6.45, 7) is 3.97. The lowest BCUT2D eigenvalue weighted by atomic mass is 10.0. The van der Waals surface area contributed by atoms with Gasteiger partial charge >= 0.3 is 6.03 Å². The SMILES string of the molecule is COc1ccc(NC(=O)CN2C(=O)N(Cc3ccc(C)c(C)c3)C(=O)C3SC=CC32)c(OC)c1. The third kappa shape index (κ3) is 4.61. The van der Waals surface area contributed by atoms with Gasteiger partial charge in [-0.05, 0) is 48.1 Å². The van der Waals surface area contributed by atoms with E-state index in [9.17, 15) is 14.4 Å². The average molecular weight is 482 g/mol. The molecule has 8 nitrogen and oxygen atoms in total. The molecule has 1 fully saturated rings. The van der Waals surface area contributed by atoms with Gasteiger partial charge in [0.25, 0.3) is 0 Å². The van der Waals surface area contributed by atoms with E-state index in [0.29, 0.717) is 17.2 Å². The second kappa shape index (κ2) is 9.80. The number of ether oxygens (including phenoxy) is 2. The molecular formula is C25H27N3O5S. The standard InChI is InChI=1S/C25H27N3O5S/c1-15-5-6-17(11-16(15)2)13-28-24(30)23-20(9-10-34-23)27(25(28)31)14-22(29)26-19-8-7-18(32-3)12-21(19)33-4/h5-12,20,23H,13-14H2,1-4H3,(H,26,29). The first-order valence-corrected chi connectivity index (χ1v) is 11.8. The maximum absolute atomic E-state index is 13.4. The molecule has 2 aliphatic rings. The van der Waals surface area contributed by atoms with E-state index in [-0.39, 0.29) is 24.9 Å². The van der Waals surface area contributed by atoms with Gasteiger partial charge in [0.05, 0.1) is 32.5 Å². The summed E-state index contributed by atoms with van der Waals surface area (Å²) < 4.78 is 10.5. The molecule has 0 saturated carbocycles. The lowest BCUT2D eigenvalue weighted by Gasteiger charge is -2.41. The molecule has 2 aliphatic heterocycles. The molecule has 2 aromatic carbocycles. The van der Waals surface area contributed by atoms with Crippen LogP contribution in [0, 0.1) is 13.8 Å². The number of imide groups is 1. The first-order valence-electron chi connectivity index (χ1n) is 10.8. The number of methoxy groups -OCH3 is 2. The van der Waals surface area contributed by atoms with Crippen LogP contribution in [0.2, 0.25) is 0 Å². The number of hydrogen-bond donors (Lipinski definition) is 1. The number of urea groups is 1. The Morgan fingerprint density at radius 1 is 1.06 bits per heavy atom. The molecule has 0 radical (unpaired) electrons. The van der Waals surface area contributed by atoms with E-state index in [1.807, 2.05) is 37.5 Å². The number of carbonyl (C=O) groups is 3. The van der Waals surface area contributed by atoms with Gasteiger partial charge < -0.3 is 19.7 Å². The number of rotatable bonds is 7. The van der Waals surface area contributed by atoms with Gasteiger partial charge in [-0.15, -0.1) is 11.8 Å². The Morgan fingerprint density at radius 3 is 2.56 bits per heavy atom. The second-order valence-corrected chi connectivity index (χ2v) is 9.30. The molecule has 2 aromatic rings. The van der Waals surface area contributed by atoms with Crippen molar-refractivity contribution in [2.24, 2.45) is 0 Å². The number of fused-ring (bicyclic) bond motifs is 1. The van der Waals surface area contributed by atoms with Crippen LogP contribution in [0.4, 0.5) is 10.5 Å². The zero-order chi connectivity index (χ0) is 24.4. The fourth-order valence-corrected chi connectivity index (χ4v) is 5.11. The number of nitrogens with zero attached hydrogens (tertiary/aromatic N) is 2. The third-order valence-electron chi connectivity index (χ3n) is 6.07. The number of thioether (sulfide) groups is 1. The fraction of sp³-hybridized carbons (Fsp3) is 0.320. The molecule has 178 valence electrons. The summed E-state index contributed by atoms with van der Waals surface area (Å²) in [5, 5.41) is 4.15. The Kier molecular flexibility index (Phi) is 6.83. The summed E-state index contributed by atoms with van der Waals surface area (Å²) in [5.41, 5.74) is 3.57. The number of amides is 4. The van der Waals surface area contributed by atoms with Crippen LogP contribution in [0.3, 0.4) is 0 Å². The molecule has 1 N–H and O–H groups in total. The van der Waals surface area contributed by atoms with Gasteiger partial charge in [-0.1, -0.05) is 24.3 Å². The summed E-state index contributed by atoms with van der Waals surface area (Å²) >= 11 is 1.37. The van der Waals surface area contributed by atoms with E-state index in [2.05, 4.69) is 5.32 Å². The van der Waals surface area contributed by atoms with Crippen molar-refractivity contribution in [3.05, 3.63) is 64.6 Å². The van der Waals surface area contributed by atoms with Crippen LogP contribution in [-0.2, 0) is 16.1 Å². The van der Waals surface area contributed by atoms with Crippen molar-refractivity contribution in [2.45, 2.75) is 31.7 Å². The predicted molar refractivity (Wildman–Crippen MR) is 131 cm³/mol. The van der Waals surface area contributed by atoms with Crippen LogP contribution in [-0.4, -0.2) is 59.7 Å². The number of nitrogens with one attached hydrogen (secondary N) is 1. The van der Waals surface area contributed by atoms with Crippen LogP contribution in [0.15, 0.2) is 47.9 Å². The van der Waals surface area contributed by atoms with Crippen molar-refractivity contribution in [1.29, 1.82) is 0 Å². The topological polar surface area (TPSA) is 88.2 Å². The molecule has 4 amide bonds. The zero-order valence-corrected chi connectivity index (χ0v) is 20.3. The van der Waals surface area contributed by atoms with Crippen LogP contribution >= 0.6 is 11.8 Å². The minimum absolute atomic E-state index is 0.160. The Hall–Kier alpha value is -3.46. The van der Waals surface area contributed by atoms with Gasteiger partial charge in [0.1, 0.15) is 23.3 Å². The maximum Gasteiger partial charge on any atom is 0.328 e. The highest BCUT2D eigenvalue weighted by Crippen LogP contribution is 2.35. The zero-order valence-electron chi connectivity index (χ0n) is 19.5. The predicted octanol–water partition coefficient (Wildman–Crippen LogP) is 3.72. The molecular weight excluding hydrogens is 454 g/mol. The number of aryl methyl sites for hydroxylation is 2. The molecule has 2 unspecified atom stereocenters. The van der Waals surface area contributed by atoms with Crippen molar-refractivity contribution in [1.82, 2.24) is 9.80 Å². The minimum Gasteiger partial charge on any atom is -0.497 e. The Balaban J connectivity index is 1.53. The normalized spacial score (nSPS) is 19.3. The first kappa shape index (κ1) is 23.7. The Bertz CT molecular complexity index is 1170. The largest absolute Gasteiger partial charge is 0.497 e. The minimum atomic E-state index is -0.478. The van der Waals surface area contributed by atoms with Crippen LogP contribution in [0.25, 0.3) is 0 Å². The number of benzene rings is 2. The van der Waals surface area contributed by atoms with Crippen LogP contribution < -0.4 is 14.8 Å². The highest BCUT2D eigenvalue weighted by molar-refractivity contribution is 8.03. The Labute approximate surface area is 202 Å². The average Bonchev–Trinajstić information content (AvgIpc) is 3.32. The molecule has 4 rings (SSSR count). The van der Waals surface area contributed by atoms with Crippen LogP contribution in [0.5, 0.6) is 11.5 Å². The molecule has 2 atom stereocenters. The highest BCUT2D eigenvalue weighted by Gasteiger charge is 2.47. The molecule has 1 saturated heterocycles. The van der Waals surface area contributed by atoms with Gasteiger partial charge in [-0.2, -0.15) is 0 Å². The van der Waals surface area contributed by atoms with Crippen molar-refractivity contribution < 1.29 is 23.9 Å². The molecule has 0 aromatic heterocycles. The summed E-state index contributed by atoms with van der Waals surface area (Å²) in [7, 11) is 3.05. The third-order valence-corrected chi connectivity index (χ3v) is 7.15. The summed E-state index contributed by atoms with van der Waals surface area (Å²) in [4.78, 5) is 42.2. The van der Waals surface area contributed by atoms with E-state index >= 15 is 0 Å². The van der Waals surface area contributed by atoms with Crippen molar-refractivity contribution >= 4 is 35.3 Å². The van der Waals surface area contributed by atoms with Crippen molar-refractivity contribution in [2.75, 3.05) is 26.1 Å². The first-order chi connectivity index (χ1) is 16.3. The maximum atomic E-state index is 13.4. The second-order valence-electron chi connectivity index (χ2n) is 8.24. The van der Waals surface area contributed by atoms with Gasteiger partial charge in [-0.25, -0.2) is 4.79 Å². The summed E-state index contributed by atoms with van der Waals surface area (Å²) in [6, 6.07) is 9.98. The smallest absolute Gasteiger partial charge is 0.328 e. The molecule has 2 heterocycles. The van der Waals surface area contributed by atoms with E-state index in [1.54, 1.807) is 31.4 Å². The van der Waals surface area contributed by atoms with Crippen molar-refractivity contribution in [3.8, 4) is 11.5 Å². The number of carbonyl (C=O) groups excluding carboxylic acids is 3. The van der Waals surface area contributed by atoms with Crippen molar-refractivity contribution in [3.63, 3.8) is 0 Å². The molecule has 9 heteroatoms. The highest BCUT2D eigenvalue weighted by atomic mass is 32.2. The number of hydrogen-bond acceptors (Lipinski definition) is 6. The monoisotopic (exact) mass is 481 g/mol. The van der Waals surface area contributed by atoms with Crippen LogP contribution in [0.1, 0.15) is 16.7 Å². The molecule has 0 spiro atoms. The summed E-state index contributed by atoms with van der Waals surface area (Å²) in [6.07, 6.45) is 1.81. The lowest BCUT2D eigenvalue weighted by molar-refractivity contribution is -0.132. The van der Waals surface area contributed by atoms with E-state index in [4.69, 9.17) is 9.47 Å². The van der Waals surface area contributed by atoms with Gasteiger partial charge in [0.2, 0.25) is 11.8 Å². The fourth-order valence-electron chi connectivity index (χ4n) is 4.04. The summed E-state index contributed by atoms with van der Waals surface area (Å²) in [5.74, 6) is 0.411. The van der Waals surface area contributed by atoms with Gasteiger partial charge in [0, 0.05) is 6.07 Å². The molecule has 0 bridgehead atoms. The van der Waals surface area contributed by atoms with Gasteiger partial charge in [-0.3, -0.25) is 14.5 Å². The van der Waals surface area contributed by atoms with E-state index in [1.165, 1.54) is 28.7 Å². The Morgan fingerprint density at radius 2 is 1.85 bits per heavy atom. The quantitative estimate of drug-likeness (QED) is 0.649.